The number of primary amides is 1. The number of carboxylic acid groups (broad SMARTS) is 2. The first-order valence-corrected chi connectivity index (χ1v) is 10.7. The number of hydrogen-bond donors (Lipinski definition) is 9. The van der Waals surface area contributed by atoms with E-state index in [1.165, 1.54) is 6.92 Å². The van der Waals surface area contributed by atoms with Gasteiger partial charge in [0.05, 0.1) is 6.04 Å². The highest BCUT2D eigenvalue weighted by atomic mass is 16.4. The van der Waals surface area contributed by atoms with Crippen LogP contribution in [0, 0.1) is 0 Å². The summed E-state index contributed by atoms with van der Waals surface area (Å²) in [6.07, 6.45) is -1.22. The SMILES string of the molecule is CC(N)C(=O)NC(CCCN=C(N)N)C(=O)NC(CCC(N)=O)C(=O)NC(CCC(=O)O)C(=O)O. The molecule has 198 valence electrons. The van der Waals surface area contributed by atoms with Gasteiger partial charge in [-0.1, -0.05) is 0 Å². The monoisotopic (exact) mass is 502 g/mol. The number of nitrogens with zero attached hydrogens (tertiary/aromatic N) is 1. The summed E-state index contributed by atoms with van der Waals surface area (Å²) in [5, 5.41) is 25.0. The van der Waals surface area contributed by atoms with Crippen LogP contribution in [0.5, 0.6) is 0 Å². The molecule has 0 heterocycles. The Balaban J connectivity index is 5.56. The van der Waals surface area contributed by atoms with E-state index in [-0.39, 0.29) is 38.2 Å². The standard InChI is InChI=1S/C19H34N8O8/c1-9(20)15(31)25-10(3-2-8-24-19(22)23)16(32)26-11(4-6-13(21)28)17(33)27-12(18(34)35)5-7-14(29)30/h9-12H,2-8,20H2,1H3,(H2,21,28)(H,25,31)(H,26,32)(H,27,33)(H,29,30)(H,34,35)(H4,22,23,24). The molecule has 0 saturated heterocycles. The van der Waals surface area contributed by atoms with Crippen LogP contribution in [-0.2, 0) is 28.8 Å². The van der Waals surface area contributed by atoms with E-state index in [1.807, 2.05) is 0 Å². The molecule has 0 aromatic carbocycles. The normalized spacial score (nSPS) is 13.9. The second-order valence-corrected chi connectivity index (χ2v) is 7.70. The van der Waals surface area contributed by atoms with Gasteiger partial charge in [0.1, 0.15) is 18.1 Å². The highest BCUT2D eigenvalue weighted by molar-refractivity contribution is 5.94. The van der Waals surface area contributed by atoms with Gasteiger partial charge in [0.25, 0.3) is 0 Å². The van der Waals surface area contributed by atoms with Crippen molar-refractivity contribution in [2.45, 2.75) is 69.6 Å². The number of carboxylic acids is 2. The minimum atomic E-state index is -1.56. The van der Waals surface area contributed by atoms with Gasteiger partial charge in [-0.05, 0) is 32.6 Å². The zero-order valence-corrected chi connectivity index (χ0v) is 19.4. The fourth-order valence-corrected chi connectivity index (χ4v) is 2.70. The predicted octanol–water partition coefficient (Wildman–Crippen LogP) is -3.94. The molecule has 0 fully saturated rings. The van der Waals surface area contributed by atoms with Crippen molar-refractivity contribution in [1.29, 1.82) is 0 Å². The van der Waals surface area contributed by atoms with Gasteiger partial charge in [-0.15, -0.1) is 0 Å². The Bertz CT molecular complexity index is 813. The molecule has 4 atom stereocenters. The van der Waals surface area contributed by atoms with Crippen LogP contribution in [-0.4, -0.2) is 82.5 Å². The van der Waals surface area contributed by atoms with Crippen molar-refractivity contribution in [2.75, 3.05) is 6.54 Å². The van der Waals surface area contributed by atoms with Crippen LogP contribution in [0.15, 0.2) is 4.99 Å². The van der Waals surface area contributed by atoms with Gasteiger partial charge >= 0.3 is 11.9 Å². The minimum absolute atomic E-state index is 0.0571. The predicted molar refractivity (Wildman–Crippen MR) is 122 cm³/mol. The zero-order chi connectivity index (χ0) is 27.1. The van der Waals surface area contributed by atoms with Gasteiger partial charge in [-0.2, -0.15) is 0 Å². The maximum atomic E-state index is 12.9. The second kappa shape index (κ2) is 15.8. The van der Waals surface area contributed by atoms with Crippen molar-refractivity contribution in [3.8, 4) is 0 Å². The van der Waals surface area contributed by atoms with Crippen molar-refractivity contribution in [2.24, 2.45) is 27.9 Å². The van der Waals surface area contributed by atoms with E-state index in [9.17, 15) is 33.9 Å². The van der Waals surface area contributed by atoms with Crippen LogP contribution in [0.25, 0.3) is 0 Å². The molecule has 0 aliphatic rings. The smallest absolute Gasteiger partial charge is 0.326 e. The summed E-state index contributed by atoms with van der Waals surface area (Å²) in [6, 6.07) is -5.06. The van der Waals surface area contributed by atoms with Crippen LogP contribution in [0.1, 0.15) is 45.4 Å². The number of nitrogens with two attached hydrogens (primary N) is 4. The second-order valence-electron chi connectivity index (χ2n) is 7.70. The van der Waals surface area contributed by atoms with Crippen molar-refractivity contribution in [3.63, 3.8) is 0 Å². The van der Waals surface area contributed by atoms with E-state index in [1.54, 1.807) is 0 Å². The Morgan fingerprint density at radius 1 is 0.771 bits per heavy atom. The van der Waals surface area contributed by atoms with Crippen LogP contribution < -0.4 is 38.9 Å². The van der Waals surface area contributed by atoms with E-state index in [0.29, 0.717) is 0 Å². The third kappa shape index (κ3) is 14.0. The fourth-order valence-electron chi connectivity index (χ4n) is 2.70. The van der Waals surface area contributed by atoms with Crippen molar-refractivity contribution >= 4 is 41.5 Å². The molecule has 13 N–H and O–H groups in total. The summed E-state index contributed by atoms with van der Waals surface area (Å²) in [7, 11) is 0. The van der Waals surface area contributed by atoms with Crippen LogP contribution in [0.3, 0.4) is 0 Å². The first kappa shape index (κ1) is 31.0. The highest BCUT2D eigenvalue weighted by Crippen LogP contribution is 2.05. The van der Waals surface area contributed by atoms with Gasteiger partial charge in [0.15, 0.2) is 5.96 Å². The largest absolute Gasteiger partial charge is 0.481 e. The van der Waals surface area contributed by atoms with Crippen LogP contribution in [0.4, 0.5) is 0 Å². The Hall–Kier alpha value is -3.95. The van der Waals surface area contributed by atoms with Gasteiger partial charge in [-0.3, -0.25) is 29.0 Å². The Labute approximate surface area is 201 Å². The summed E-state index contributed by atoms with van der Waals surface area (Å²) >= 11 is 0. The van der Waals surface area contributed by atoms with E-state index in [0.717, 1.165) is 0 Å². The topological polar surface area (TPSA) is 295 Å². The van der Waals surface area contributed by atoms with Crippen LogP contribution >= 0.6 is 0 Å². The molecule has 0 radical (unpaired) electrons. The molecule has 0 bridgehead atoms. The Kier molecular flexibility index (Phi) is 14.0. The van der Waals surface area contributed by atoms with Gasteiger partial charge in [-0.25, -0.2) is 4.79 Å². The summed E-state index contributed by atoms with van der Waals surface area (Å²) in [5.74, 6) is -6.13. The minimum Gasteiger partial charge on any atom is -0.481 e. The summed E-state index contributed by atoms with van der Waals surface area (Å²) < 4.78 is 0. The molecular weight excluding hydrogens is 468 g/mol. The number of aliphatic imine (C=N–C) groups is 1. The number of guanidine groups is 1. The fraction of sp³-hybridized carbons (Fsp3) is 0.632. The first-order chi connectivity index (χ1) is 16.2. The van der Waals surface area contributed by atoms with Crippen molar-refractivity contribution in [3.05, 3.63) is 0 Å². The lowest BCUT2D eigenvalue weighted by atomic mass is 10.1. The molecule has 4 unspecified atom stereocenters. The van der Waals surface area contributed by atoms with Gasteiger partial charge in [0, 0.05) is 19.4 Å². The summed E-state index contributed by atoms with van der Waals surface area (Å²) in [4.78, 5) is 74.8. The lowest BCUT2D eigenvalue weighted by Crippen LogP contribution is -2.57. The van der Waals surface area contributed by atoms with Gasteiger partial charge < -0.3 is 49.1 Å². The number of nitrogens with one attached hydrogen (secondary N) is 3. The maximum Gasteiger partial charge on any atom is 0.326 e. The number of hydrogen-bond acceptors (Lipinski definition) is 8. The molecule has 4 amide bonds. The highest BCUT2D eigenvalue weighted by Gasteiger charge is 2.30. The van der Waals surface area contributed by atoms with E-state index >= 15 is 0 Å². The zero-order valence-electron chi connectivity index (χ0n) is 19.4. The quantitative estimate of drug-likeness (QED) is 0.0525. The van der Waals surface area contributed by atoms with Crippen molar-refractivity contribution < 1.29 is 39.0 Å². The average Bonchev–Trinajstić information content (AvgIpc) is 2.74. The number of amides is 4. The third-order valence-corrected chi connectivity index (χ3v) is 4.57. The molecule has 0 rings (SSSR count). The number of carbonyl (C=O) groups excluding carboxylic acids is 4. The van der Waals surface area contributed by atoms with Gasteiger partial charge in [0.2, 0.25) is 23.6 Å². The molecule has 0 saturated carbocycles. The molecule has 0 aliphatic carbocycles. The Morgan fingerprint density at radius 2 is 1.26 bits per heavy atom. The Morgan fingerprint density at radius 3 is 1.71 bits per heavy atom. The lowest BCUT2D eigenvalue weighted by molar-refractivity contribution is -0.143. The number of aliphatic carboxylic acids is 2. The molecule has 0 aromatic heterocycles. The molecule has 0 spiro atoms. The average molecular weight is 503 g/mol. The molecular formula is C19H34N8O8. The number of rotatable bonds is 17. The first-order valence-electron chi connectivity index (χ1n) is 10.7. The molecule has 35 heavy (non-hydrogen) atoms. The van der Waals surface area contributed by atoms with E-state index in [2.05, 4.69) is 20.9 Å². The lowest BCUT2D eigenvalue weighted by Gasteiger charge is -2.24. The van der Waals surface area contributed by atoms with Crippen LogP contribution in [0.2, 0.25) is 0 Å². The summed E-state index contributed by atoms with van der Waals surface area (Å²) in [5.41, 5.74) is 21.2. The van der Waals surface area contributed by atoms with Crippen molar-refractivity contribution in [1.82, 2.24) is 16.0 Å². The molecule has 16 heteroatoms. The molecule has 16 nitrogen and oxygen atoms in total. The molecule has 0 aromatic rings. The third-order valence-electron chi connectivity index (χ3n) is 4.57. The number of carbonyl (C=O) groups is 6. The maximum absolute atomic E-state index is 12.9. The summed E-state index contributed by atoms with van der Waals surface area (Å²) in [6.45, 7) is 1.55. The molecule has 0 aliphatic heterocycles. The van der Waals surface area contributed by atoms with E-state index < -0.39 is 72.6 Å². The van der Waals surface area contributed by atoms with E-state index in [4.69, 9.17) is 28.0 Å².